The summed E-state index contributed by atoms with van der Waals surface area (Å²) >= 11 is 0. The zero-order valence-electron chi connectivity index (χ0n) is 14.1. The lowest BCUT2D eigenvalue weighted by Gasteiger charge is -2.41. The number of ether oxygens (including phenoxy) is 3. The highest BCUT2D eigenvalue weighted by atomic mass is 16.5. The van der Waals surface area contributed by atoms with Crippen LogP contribution in [-0.4, -0.2) is 34.9 Å². The minimum atomic E-state index is -1.02. The Kier molecular flexibility index (Phi) is 4.26. The normalized spacial score (nSPS) is 21.0. The van der Waals surface area contributed by atoms with Gasteiger partial charge < -0.3 is 24.3 Å². The summed E-state index contributed by atoms with van der Waals surface area (Å²) in [6, 6.07) is 7.67. The summed E-state index contributed by atoms with van der Waals surface area (Å²) in [4.78, 5) is 25.8. The first-order valence-corrected chi connectivity index (χ1v) is 7.76. The molecule has 132 valence electrons. The van der Waals surface area contributed by atoms with Gasteiger partial charge in [0.1, 0.15) is 23.2 Å². The molecule has 0 bridgehead atoms. The number of fused-ring (bicyclic) bond motifs is 1. The van der Waals surface area contributed by atoms with E-state index in [2.05, 4.69) is 4.98 Å². The molecule has 1 aliphatic rings. The Hall–Kier alpha value is -2.80. The van der Waals surface area contributed by atoms with Crippen molar-refractivity contribution in [2.45, 2.75) is 31.7 Å². The largest absolute Gasteiger partial charge is 0.485 e. The number of aromatic amines is 1. The molecule has 0 spiro atoms. The van der Waals surface area contributed by atoms with Gasteiger partial charge >= 0.3 is 5.97 Å². The van der Waals surface area contributed by atoms with Crippen molar-refractivity contribution in [2.24, 2.45) is 0 Å². The van der Waals surface area contributed by atoms with Gasteiger partial charge in [-0.3, -0.25) is 4.79 Å². The van der Waals surface area contributed by atoms with Crippen LogP contribution in [0, 0.1) is 0 Å². The summed E-state index contributed by atoms with van der Waals surface area (Å²) in [7, 11) is 1.29. The number of rotatable bonds is 3. The Morgan fingerprint density at radius 2 is 2.04 bits per heavy atom. The van der Waals surface area contributed by atoms with Gasteiger partial charge in [-0.15, -0.1) is 0 Å². The van der Waals surface area contributed by atoms with E-state index < -0.39 is 23.8 Å². The molecule has 1 aromatic carbocycles. The predicted octanol–water partition coefficient (Wildman–Crippen LogP) is 1.81. The Morgan fingerprint density at radius 1 is 1.28 bits per heavy atom. The molecule has 0 fully saturated rings. The molecule has 7 nitrogen and oxygen atoms in total. The number of methoxy groups -OCH3 is 1. The molecule has 0 saturated carbocycles. The van der Waals surface area contributed by atoms with Crippen molar-refractivity contribution in [3.05, 3.63) is 58.0 Å². The van der Waals surface area contributed by atoms with Crippen LogP contribution in [0.1, 0.15) is 35.9 Å². The summed E-state index contributed by atoms with van der Waals surface area (Å²) < 4.78 is 16.5. The Labute approximate surface area is 144 Å². The van der Waals surface area contributed by atoms with Crippen molar-refractivity contribution >= 4 is 5.97 Å². The van der Waals surface area contributed by atoms with Crippen LogP contribution in [0.4, 0.5) is 0 Å². The number of H-pyrrole nitrogens is 1. The maximum atomic E-state index is 11.8. The summed E-state index contributed by atoms with van der Waals surface area (Å²) in [6.45, 7) is 3.48. The molecule has 1 aliphatic heterocycles. The average Bonchev–Trinajstić information content (AvgIpc) is 2.58. The third-order valence-corrected chi connectivity index (χ3v) is 4.12. The molecule has 2 heterocycles. The Morgan fingerprint density at radius 3 is 2.72 bits per heavy atom. The second-order valence-corrected chi connectivity index (χ2v) is 6.32. The van der Waals surface area contributed by atoms with E-state index >= 15 is 0 Å². The van der Waals surface area contributed by atoms with Crippen molar-refractivity contribution in [3.63, 3.8) is 0 Å². The second-order valence-electron chi connectivity index (χ2n) is 6.32. The molecule has 0 saturated heterocycles. The molecular formula is C18H19NO6. The van der Waals surface area contributed by atoms with Gasteiger partial charge in [0.15, 0.2) is 6.10 Å². The van der Waals surface area contributed by atoms with Gasteiger partial charge in [-0.05, 0) is 38.1 Å². The molecule has 1 aromatic heterocycles. The maximum absolute atomic E-state index is 11.8. The van der Waals surface area contributed by atoms with Crippen LogP contribution in [-0.2, 0) is 4.74 Å². The highest BCUT2D eigenvalue weighted by Crippen LogP contribution is 2.42. The standard InChI is InChI=1S/C18H19NO6/c1-18(2)16(21)15(24-11-6-7-19-14(20)9-11)12-8-10(17(22)23-3)4-5-13(12)25-18/h4-9,15-16,21H,1-3H3,(H,19,20)/t15-,16+/m1/s1. The fourth-order valence-electron chi connectivity index (χ4n) is 2.76. The van der Waals surface area contributed by atoms with Crippen molar-refractivity contribution in [3.8, 4) is 11.5 Å². The first-order valence-electron chi connectivity index (χ1n) is 7.76. The third kappa shape index (κ3) is 3.23. The maximum Gasteiger partial charge on any atom is 0.337 e. The van der Waals surface area contributed by atoms with E-state index in [-0.39, 0.29) is 5.56 Å². The van der Waals surface area contributed by atoms with Crippen LogP contribution >= 0.6 is 0 Å². The second kappa shape index (κ2) is 6.25. The van der Waals surface area contributed by atoms with Crippen LogP contribution in [0.3, 0.4) is 0 Å². The SMILES string of the molecule is COC(=O)c1ccc2c(c1)[C@@H](Oc1cc[nH]c(=O)c1)[C@H](O)C(C)(C)O2. The van der Waals surface area contributed by atoms with Crippen LogP contribution in [0.5, 0.6) is 11.5 Å². The number of aliphatic hydroxyl groups excluding tert-OH is 1. The lowest BCUT2D eigenvalue weighted by atomic mass is 9.87. The molecule has 0 amide bonds. The molecule has 7 heteroatoms. The monoisotopic (exact) mass is 345 g/mol. The Balaban J connectivity index is 2.06. The van der Waals surface area contributed by atoms with Crippen LogP contribution in [0.15, 0.2) is 41.3 Å². The quantitative estimate of drug-likeness (QED) is 0.824. The number of pyridine rings is 1. The van der Waals surface area contributed by atoms with Gasteiger partial charge in [0.05, 0.1) is 12.7 Å². The van der Waals surface area contributed by atoms with E-state index in [1.807, 2.05) is 0 Å². The molecule has 2 atom stereocenters. The van der Waals surface area contributed by atoms with E-state index in [9.17, 15) is 14.7 Å². The number of carbonyl (C=O) groups is 1. The van der Waals surface area contributed by atoms with Gasteiger partial charge in [0, 0.05) is 17.8 Å². The highest BCUT2D eigenvalue weighted by molar-refractivity contribution is 5.89. The molecule has 3 rings (SSSR count). The van der Waals surface area contributed by atoms with Gasteiger partial charge in [-0.25, -0.2) is 4.79 Å². The Bertz CT molecular complexity index is 857. The highest BCUT2D eigenvalue weighted by Gasteiger charge is 2.44. The van der Waals surface area contributed by atoms with E-state index in [0.29, 0.717) is 22.6 Å². The summed E-state index contributed by atoms with van der Waals surface area (Å²) in [6.07, 6.45) is -0.377. The van der Waals surface area contributed by atoms with E-state index in [0.717, 1.165) is 0 Å². The van der Waals surface area contributed by atoms with Gasteiger partial charge in [-0.2, -0.15) is 0 Å². The van der Waals surface area contributed by atoms with Crippen molar-refractivity contribution in [1.29, 1.82) is 0 Å². The van der Waals surface area contributed by atoms with Crippen LogP contribution in [0.25, 0.3) is 0 Å². The summed E-state index contributed by atoms with van der Waals surface area (Å²) in [5.74, 6) is 0.301. The molecular weight excluding hydrogens is 326 g/mol. The number of hydrogen-bond acceptors (Lipinski definition) is 6. The van der Waals surface area contributed by atoms with Gasteiger partial charge in [-0.1, -0.05) is 0 Å². The topological polar surface area (TPSA) is 97.9 Å². The minimum absolute atomic E-state index is 0.305. The third-order valence-electron chi connectivity index (χ3n) is 4.12. The van der Waals surface area contributed by atoms with Crippen molar-refractivity contribution < 1.29 is 24.1 Å². The number of esters is 1. The molecule has 0 unspecified atom stereocenters. The minimum Gasteiger partial charge on any atom is -0.485 e. The van der Waals surface area contributed by atoms with Crippen molar-refractivity contribution in [2.75, 3.05) is 7.11 Å². The van der Waals surface area contributed by atoms with Crippen molar-refractivity contribution in [1.82, 2.24) is 4.98 Å². The average molecular weight is 345 g/mol. The lowest BCUT2D eigenvalue weighted by Crippen LogP contribution is -2.50. The van der Waals surface area contributed by atoms with Gasteiger partial charge in [0.2, 0.25) is 0 Å². The number of benzene rings is 1. The number of aliphatic hydroxyl groups is 1. The van der Waals surface area contributed by atoms with Crippen LogP contribution in [0.2, 0.25) is 0 Å². The fraction of sp³-hybridized carbons (Fsp3) is 0.333. The molecule has 25 heavy (non-hydrogen) atoms. The molecule has 0 radical (unpaired) electrons. The number of hydrogen-bond donors (Lipinski definition) is 2. The first-order chi connectivity index (χ1) is 11.8. The fourth-order valence-corrected chi connectivity index (χ4v) is 2.76. The molecule has 2 N–H and O–H groups in total. The summed E-state index contributed by atoms with van der Waals surface area (Å²) in [5, 5.41) is 10.7. The zero-order valence-corrected chi connectivity index (χ0v) is 14.1. The number of carbonyl (C=O) groups excluding carboxylic acids is 1. The first kappa shape index (κ1) is 17.0. The number of aromatic nitrogens is 1. The van der Waals surface area contributed by atoms with E-state index in [1.54, 1.807) is 38.1 Å². The van der Waals surface area contributed by atoms with E-state index in [4.69, 9.17) is 14.2 Å². The zero-order chi connectivity index (χ0) is 18.2. The summed E-state index contributed by atoms with van der Waals surface area (Å²) in [5.41, 5.74) is -0.404. The van der Waals surface area contributed by atoms with Crippen LogP contribution < -0.4 is 15.0 Å². The van der Waals surface area contributed by atoms with Gasteiger partial charge in [0.25, 0.3) is 5.56 Å². The smallest absolute Gasteiger partial charge is 0.337 e. The number of nitrogens with one attached hydrogen (secondary N) is 1. The molecule has 0 aliphatic carbocycles. The van der Waals surface area contributed by atoms with E-state index in [1.165, 1.54) is 19.4 Å². The molecule has 2 aromatic rings. The lowest BCUT2D eigenvalue weighted by molar-refractivity contribution is -0.103. The predicted molar refractivity (Wildman–Crippen MR) is 88.9 cm³/mol.